The molecule has 0 unspecified atom stereocenters. The van der Waals surface area contributed by atoms with Crippen molar-refractivity contribution in [3.8, 4) is 0 Å². The Bertz CT molecular complexity index is 874. The summed E-state index contributed by atoms with van der Waals surface area (Å²) in [7, 11) is 0. The van der Waals surface area contributed by atoms with Crippen molar-refractivity contribution in [2.45, 2.75) is 13.8 Å². The summed E-state index contributed by atoms with van der Waals surface area (Å²) in [6.07, 6.45) is 0. The molecular formula is C20H18N2O. The van der Waals surface area contributed by atoms with Crippen LogP contribution in [-0.4, -0.2) is 11.6 Å². The third kappa shape index (κ3) is 3.29. The second kappa shape index (κ2) is 6.44. The van der Waals surface area contributed by atoms with Gasteiger partial charge in [-0.1, -0.05) is 66.2 Å². The predicted octanol–water partition coefficient (Wildman–Crippen LogP) is 4.30. The van der Waals surface area contributed by atoms with E-state index in [1.807, 2.05) is 80.6 Å². The standard InChI is InChI=1S/C20H18N2O/c1-14-10-12-16(13-11-14)15(2)21-22-20(23)19-9-5-7-17-6-3-4-8-18(17)19/h3-13H,1-2H3,(H,22,23). The molecular weight excluding hydrogens is 284 g/mol. The van der Waals surface area contributed by atoms with Gasteiger partial charge in [0.25, 0.3) is 5.91 Å². The number of carbonyl (C=O) groups excluding carboxylic acids is 1. The number of nitrogens with one attached hydrogen (secondary N) is 1. The maximum absolute atomic E-state index is 12.4. The van der Waals surface area contributed by atoms with E-state index < -0.39 is 0 Å². The minimum Gasteiger partial charge on any atom is -0.267 e. The molecule has 3 nitrogen and oxygen atoms in total. The van der Waals surface area contributed by atoms with Gasteiger partial charge >= 0.3 is 0 Å². The number of aryl methyl sites for hydroxylation is 1. The molecule has 0 heterocycles. The summed E-state index contributed by atoms with van der Waals surface area (Å²) in [5.41, 5.74) is 6.25. The van der Waals surface area contributed by atoms with Crippen LogP contribution in [0.25, 0.3) is 10.8 Å². The molecule has 3 aromatic carbocycles. The Morgan fingerprint density at radius 1 is 0.913 bits per heavy atom. The Labute approximate surface area is 135 Å². The number of amides is 1. The molecule has 0 radical (unpaired) electrons. The molecule has 0 fully saturated rings. The average molecular weight is 302 g/mol. The maximum atomic E-state index is 12.4. The zero-order valence-corrected chi connectivity index (χ0v) is 13.2. The normalized spacial score (nSPS) is 11.5. The van der Waals surface area contributed by atoms with Crippen molar-refractivity contribution in [2.24, 2.45) is 5.10 Å². The van der Waals surface area contributed by atoms with E-state index in [4.69, 9.17) is 0 Å². The largest absolute Gasteiger partial charge is 0.272 e. The van der Waals surface area contributed by atoms with E-state index in [1.165, 1.54) is 5.56 Å². The second-order valence-electron chi connectivity index (χ2n) is 5.53. The van der Waals surface area contributed by atoms with E-state index in [9.17, 15) is 4.79 Å². The summed E-state index contributed by atoms with van der Waals surface area (Å²) in [5.74, 6) is -0.201. The van der Waals surface area contributed by atoms with Crippen molar-refractivity contribution >= 4 is 22.4 Å². The van der Waals surface area contributed by atoms with Crippen molar-refractivity contribution in [3.05, 3.63) is 83.4 Å². The first-order valence-corrected chi connectivity index (χ1v) is 7.54. The quantitative estimate of drug-likeness (QED) is 0.568. The van der Waals surface area contributed by atoms with Crippen molar-refractivity contribution in [2.75, 3.05) is 0 Å². The lowest BCUT2D eigenvalue weighted by Crippen LogP contribution is -2.19. The van der Waals surface area contributed by atoms with Crippen LogP contribution in [0.2, 0.25) is 0 Å². The second-order valence-corrected chi connectivity index (χ2v) is 5.53. The molecule has 3 heteroatoms. The highest BCUT2D eigenvalue weighted by Gasteiger charge is 2.09. The van der Waals surface area contributed by atoms with Crippen LogP contribution in [0.1, 0.15) is 28.4 Å². The van der Waals surface area contributed by atoms with Crippen LogP contribution in [0.15, 0.2) is 71.8 Å². The molecule has 0 spiro atoms. The summed E-state index contributed by atoms with van der Waals surface area (Å²) in [6, 6.07) is 21.6. The van der Waals surface area contributed by atoms with Gasteiger partial charge in [0, 0.05) is 5.56 Å². The van der Waals surface area contributed by atoms with Gasteiger partial charge in [-0.3, -0.25) is 4.79 Å². The molecule has 0 saturated heterocycles. The lowest BCUT2D eigenvalue weighted by molar-refractivity contribution is 0.0956. The van der Waals surface area contributed by atoms with Gasteiger partial charge in [-0.2, -0.15) is 5.10 Å². The number of fused-ring (bicyclic) bond motifs is 1. The minimum absolute atomic E-state index is 0.201. The molecule has 0 aliphatic heterocycles. The monoisotopic (exact) mass is 302 g/mol. The fourth-order valence-corrected chi connectivity index (χ4v) is 2.48. The van der Waals surface area contributed by atoms with Crippen LogP contribution >= 0.6 is 0 Å². The van der Waals surface area contributed by atoms with E-state index in [1.54, 1.807) is 0 Å². The van der Waals surface area contributed by atoms with Gasteiger partial charge < -0.3 is 0 Å². The first-order chi connectivity index (χ1) is 11.1. The van der Waals surface area contributed by atoms with Gasteiger partial charge in [-0.05, 0) is 36.2 Å². The highest BCUT2D eigenvalue weighted by Crippen LogP contribution is 2.18. The topological polar surface area (TPSA) is 41.5 Å². The fourth-order valence-electron chi connectivity index (χ4n) is 2.48. The van der Waals surface area contributed by atoms with E-state index in [0.29, 0.717) is 5.56 Å². The number of benzene rings is 3. The van der Waals surface area contributed by atoms with Crippen LogP contribution in [0, 0.1) is 6.92 Å². The highest BCUT2D eigenvalue weighted by atomic mass is 16.2. The third-order valence-electron chi connectivity index (χ3n) is 3.83. The van der Waals surface area contributed by atoms with Crippen LogP contribution in [0.4, 0.5) is 0 Å². The summed E-state index contributed by atoms with van der Waals surface area (Å²) >= 11 is 0. The first kappa shape index (κ1) is 15.0. The first-order valence-electron chi connectivity index (χ1n) is 7.54. The SMILES string of the molecule is CC(=NNC(=O)c1cccc2ccccc12)c1ccc(C)cc1. The maximum Gasteiger partial charge on any atom is 0.272 e. The van der Waals surface area contributed by atoms with Crippen LogP contribution in [-0.2, 0) is 0 Å². The Kier molecular flexibility index (Phi) is 4.20. The summed E-state index contributed by atoms with van der Waals surface area (Å²) < 4.78 is 0. The molecule has 0 aliphatic carbocycles. The van der Waals surface area contributed by atoms with E-state index >= 15 is 0 Å². The number of hydrazone groups is 1. The lowest BCUT2D eigenvalue weighted by Gasteiger charge is -2.06. The Hall–Kier alpha value is -2.94. The van der Waals surface area contributed by atoms with Gasteiger partial charge in [-0.25, -0.2) is 5.43 Å². The molecule has 0 aromatic heterocycles. The molecule has 3 rings (SSSR count). The Balaban J connectivity index is 1.83. The lowest BCUT2D eigenvalue weighted by atomic mass is 10.0. The number of nitrogens with zero attached hydrogens (tertiary/aromatic N) is 1. The van der Waals surface area contributed by atoms with Crippen molar-refractivity contribution in [3.63, 3.8) is 0 Å². The number of hydrogen-bond acceptors (Lipinski definition) is 2. The highest BCUT2D eigenvalue weighted by molar-refractivity contribution is 6.07. The zero-order chi connectivity index (χ0) is 16.2. The number of rotatable bonds is 3. The van der Waals surface area contributed by atoms with E-state index in [0.717, 1.165) is 22.0 Å². The Morgan fingerprint density at radius 2 is 1.61 bits per heavy atom. The minimum atomic E-state index is -0.201. The molecule has 114 valence electrons. The molecule has 0 atom stereocenters. The molecule has 23 heavy (non-hydrogen) atoms. The molecule has 3 aromatic rings. The number of hydrogen-bond donors (Lipinski definition) is 1. The Morgan fingerprint density at radius 3 is 2.39 bits per heavy atom. The van der Waals surface area contributed by atoms with E-state index in [-0.39, 0.29) is 5.91 Å². The van der Waals surface area contributed by atoms with Gasteiger partial charge in [0.2, 0.25) is 0 Å². The molecule has 1 N–H and O–H groups in total. The number of carbonyl (C=O) groups is 1. The van der Waals surface area contributed by atoms with Gasteiger partial charge in [-0.15, -0.1) is 0 Å². The van der Waals surface area contributed by atoms with Gasteiger partial charge in [0.1, 0.15) is 0 Å². The van der Waals surface area contributed by atoms with Crippen molar-refractivity contribution < 1.29 is 4.79 Å². The zero-order valence-electron chi connectivity index (χ0n) is 13.2. The molecule has 0 bridgehead atoms. The fraction of sp³-hybridized carbons (Fsp3) is 0.100. The van der Waals surface area contributed by atoms with Crippen LogP contribution in [0.3, 0.4) is 0 Å². The molecule has 1 amide bonds. The predicted molar refractivity (Wildman–Crippen MR) is 94.8 cm³/mol. The van der Waals surface area contributed by atoms with E-state index in [2.05, 4.69) is 10.5 Å². The smallest absolute Gasteiger partial charge is 0.267 e. The summed E-state index contributed by atoms with van der Waals surface area (Å²) in [6.45, 7) is 3.92. The summed E-state index contributed by atoms with van der Waals surface area (Å²) in [5, 5.41) is 6.19. The molecule has 0 saturated carbocycles. The van der Waals surface area contributed by atoms with Crippen LogP contribution < -0.4 is 5.43 Å². The van der Waals surface area contributed by atoms with Crippen LogP contribution in [0.5, 0.6) is 0 Å². The third-order valence-corrected chi connectivity index (χ3v) is 3.83. The summed E-state index contributed by atoms with van der Waals surface area (Å²) in [4.78, 5) is 12.4. The van der Waals surface area contributed by atoms with Crippen molar-refractivity contribution in [1.82, 2.24) is 5.43 Å². The van der Waals surface area contributed by atoms with Gasteiger partial charge in [0.15, 0.2) is 0 Å². The van der Waals surface area contributed by atoms with Crippen molar-refractivity contribution in [1.29, 1.82) is 0 Å². The average Bonchev–Trinajstić information content (AvgIpc) is 2.59. The van der Waals surface area contributed by atoms with Gasteiger partial charge in [0.05, 0.1) is 5.71 Å². The molecule has 0 aliphatic rings.